The standard InChI is InChI=1S/C18H24F3N5S/c1-12-9-14(26(3)4)6-5-13(12)10-24-17(22-2)23-8-7-16-25-15(11-27-16)18(19,20)21/h5-6,9,11H,7-8,10H2,1-4H3,(H2,22,23,24). The Hall–Kier alpha value is -2.29. The molecule has 0 amide bonds. The van der Waals surface area contributed by atoms with Crippen molar-refractivity contribution in [2.45, 2.75) is 26.1 Å². The first-order valence-corrected chi connectivity index (χ1v) is 9.31. The Morgan fingerprint density at radius 3 is 2.56 bits per heavy atom. The first-order chi connectivity index (χ1) is 12.7. The highest BCUT2D eigenvalue weighted by molar-refractivity contribution is 7.09. The lowest BCUT2D eigenvalue weighted by atomic mass is 10.1. The Labute approximate surface area is 161 Å². The lowest BCUT2D eigenvalue weighted by Crippen LogP contribution is -2.38. The molecule has 2 rings (SSSR count). The zero-order chi connectivity index (χ0) is 20.0. The maximum Gasteiger partial charge on any atom is 0.434 e. The lowest BCUT2D eigenvalue weighted by Gasteiger charge is -2.16. The summed E-state index contributed by atoms with van der Waals surface area (Å²) < 4.78 is 37.7. The number of nitrogens with one attached hydrogen (secondary N) is 2. The Bertz CT molecular complexity index is 784. The third-order valence-corrected chi connectivity index (χ3v) is 4.89. The van der Waals surface area contributed by atoms with Crippen LogP contribution >= 0.6 is 11.3 Å². The van der Waals surface area contributed by atoms with Gasteiger partial charge in [-0.15, -0.1) is 11.3 Å². The molecule has 0 bridgehead atoms. The fourth-order valence-electron chi connectivity index (χ4n) is 2.40. The highest BCUT2D eigenvalue weighted by Gasteiger charge is 2.33. The monoisotopic (exact) mass is 399 g/mol. The van der Waals surface area contributed by atoms with E-state index in [2.05, 4.69) is 45.7 Å². The first-order valence-electron chi connectivity index (χ1n) is 8.43. The number of benzene rings is 1. The van der Waals surface area contributed by atoms with Crippen molar-refractivity contribution in [2.24, 2.45) is 4.99 Å². The van der Waals surface area contributed by atoms with Gasteiger partial charge in [-0.1, -0.05) is 6.07 Å². The smallest absolute Gasteiger partial charge is 0.378 e. The van der Waals surface area contributed by atoms with E-state index in [4.69, 9.17) is 0 Å². The zero-order valence-electron chi connectivity index (χ0n) is 15.8. The van der Waals surface area contributed by atoms with Crippen LogP contribution in [0.4, 0.5) is 18.9 Å². The molecule has 1 aromatic carbocycles. The van der Waals surface area contributed by atoms with Crippen LogP contribution in [0.25, 0.3) is 0 Å². The number of guanidine groups is 1. The van der Waals surface area contributed by atoms with Gasteiger partial charge >= 0.3 is 6.18 Å². The predicted octanol–water partition coefficient (Wildman–Crippen LogP) is 3.44. The second kappa shape index (κ2) is 9.07. The maximum absolute atomic E-state index is 12.6. The van der Waals surface area contributed by atoms with Crippen LogP contribution in [0.5, 0.6) is 0 Å². The molecule has 0 aliphatic carbocycles. The normalized spacial score (nSPS) is 12.2. The van der Waals surface area contributed by atoms with Crippen LogP contribution < -0.4 is 15.5 Å². The van der Waals surface area contributed by atoms with Gasteiger partial charge in [-0.05, 0) is 30.2 Å². The number of hydrogen-bond donors (Lipinski definition) is 2. The second-order valence-corrected chi connectivity index (χ2v) is 7.17. The quantitative estimate of drug-likeness (QED) is 0.577. The van der Waals surface area contributed by atoms with Crippen LogP contribution in [0.15, 0.2) is 28.6 Å². The first kappa shape index (κ1) is 21.0. The van der Waals surface area contributed by atoms with E-state index in [-0.39, 0.29) is 0 Å². The van der Waals surface area contributed by atoms with E-state index in [1.54, 1.807) is 7.05 Å². The number of halogens is 3. The van der Waals surface area contributed by atoms with Crippen molar-refractivity contribution in [3.63, 3.8) is 0 Å². The van der Waals surface area contributed by atoms with E-state index < -0.39 is 11.9 Å². The number of thiazole rings is 1. The molecule has 9 heteroatoms. The number of alkyl halides is 3. The van der Waals surface area contributed by atoms with Gasteiger partial charge in [-0.3, -0.25) is 4.99 Å². The Kier molecular flexibility index (Phi) is 7.06. The molecule has 148 valence electrons. The summed E-state index contributed by atoms with van der Waals surface area (Å²) in [5.41, 5.74) is 2.63. The Morgan fingerprint density at radius 2 is 2.00 bits per heavy atom. The molecule has 5 nitrogen and oxygen atoms in total. The number of aromatic nitrogens is 1. The van der Waals surface area contributed by atoms with Crippen LogP contribution in [0.2, 0.25) is 0 Å². The van der Waals surface area contributed by atoms with Crippen LogP contribution in [-0.2, 0) is 19.1 Å². The fraction of sp³-hybridized carbons (Fsp3) is 0.444. The molecule has 0 atom stereocenters. The van der Waals surface area contributed by atoms with Gasteiger partial charge in [0.25, 0.3) is 0 Å². The number of anilines is 1. The summed E-state index contributed by atoms with van der Waals surface area (Å²) in [7, 11) is 5.65. The minimum atomic E-state index is -4.39. The molecule has 2 aromatic rings. The van der Waals surface area contributed by atoms with Crippen molar-refractivity contribution in [3.8, 4) is 0 Å². The topological polar surface area (TPSA) is 52.6 Å². The number of hydrogen-bond acceptors (Lipinski definition) is 4. The molecule has 1 aromatic heterocycles. The predicted molar refractivity (Wildman–Crippen MR) is 105 cm³/mol. The molecule has 0 aliphatic heterocycles. The van der Waals surface area contributed by atoms with Crippen molar-refractivity contribution < 1.29 is 13.2 Å². The van der Waals surface area contributed by atoms with Crippen molar-refractivity contribution >= 4 is 23.0 Å². The van der Waals surface area contributed by atoms with Crippen LogP contribution in [0.1, 0.15) is 21.8 Å². The summed E-state index contributed by atoms with van der Waals surface area (Å²) in [6.45, 7) is 3.11. The number of aryl methyl sites for hydroxylation is 1. The van der Waals surface area contributed by atoms with Gasteiger partial charge in [0, 0.05) is 51.7 Å². The minimum absolute atomic E-state index is 0.401. The average Bonchev–Trinajstić information content (AvgIpc) is 3.08. The summed E-state index contributed by atoms with van der Waals surface area (Å²) >= 11 is 1.02. The van der Waals surface area contributed by atoms with Gasteiger partial charge in [0.15, 0.2) is 11.7 Å². The fourth-order valence-corrected chi connectivity index (χ4v) is 3.20. The van der Waals surface area contributed by atoms with Crippen molar-refractivity contribution in [1.82, 2.24) is 15.6 Å². The molecule has 2 N–H and O–H groups in total. The Balaban J connectivity index is 1.83. The SMILES string of the molecule is CN=C(NCCc1nc(C(F)(F)F)cs1)NCc1ccc(N(C)C)cc1C. The van der Waals surface area contributed by atoms with Gasteiger partial charge in [0.05, 0.1) is 5.01 Å². The van der Waals surface area contributed by atoms with Gasteiger partial charge in [0.2, 0.25) is 0 Å². The average molecular weight is 399 g/mol. The van der Waals surface area contributed by atoms with Crippen molar-refractivity contribution in [2.75, 3.05) is 32.6 Å². The zero-order valence-corrected chi connectivity index (χ0v) is 16.6. The molecule has 0 saturated heterocycles. The highest BCUT2D eigenvalue weighted by Crippen LogP contribution is 2.30. The van der Waals surface area contributed by atoms with Gasteiger partial charge in [0.1, 0.15) is 0 Å². The molecule has 0 unspecified atom stereocenters. The molecular weight excluding hydrogens is 375 g/mol. The third-order valence-electron chi connectivity index (χ3n) is 3.99. The van der Waals surface area contributed by atoms with E-state index >= 15 is 0 Å². The molecule has 0 radical (unpaired) electrons. The van der Waals surface area contributed by atoms with E-state index in [9.17, 15) is 13.2 Å². The largest absolute Gasteiger partial charge is 0.434 e. The third kappa shape index (κ3) is 6.13. The molecule has 1 heterocycles. The van der Waals surface area contributed by atoms with Crippen molar-refractivity contribution in [1.29, 1.82) is 0 Å². The van der Waals surface area contributed by atoms with E-state index in [0.717, 1.165) is 28.0 Å². The van der Waals surface area contributed by atoms with E-state index in [1.807, 2.05) is 19.0 Å². The van der Waals surface area contributed by atoms with E-state index in [0.29, 0.717) is 30.5 Å². The van der Waals surface area contributed by atoms with Gasteiger partial charge in [-0.2, -0.15) is 13.2 Å². The molecule has 0 fully saturated rings. The summed E-state index contributed by atoms with van der Waals surface area (Å²) in [6.07, 6.45) is -3.99. The molecule has 27 heavy (non-hydrogen) atoms. The minimum Gasteiger partial charge on any atom is -0.378 e. The molecule has 0 saturated carbocycles. The van der Waals surface area contributed by atoms with Crippen LogP contribution in [-0.4, -0.2) is 38.6 Å². The lowest BCUT2D eigenvalue weighted by molar-refractivity contribution is -0.140. The maximum atomic E-state index is 12.6. The molecule has 0 spiro atoms. The summed E-state index contributed by atoms with van der Waals surface area (Å²) in [5, 5.41) is 7.81. The van der Waals surface area contributed by atoms with E-state index in [1.165, 1.54) is 5.56 Å². The van der Waals surface area contributed by atoms with Gasteiger partial charge in [-0.25, -0.2) is 4.98 Å². The van der Waals surface area contributed by atoms with Crippen LogP contribution in [0.3, 0.4) is 0 Å². The molecular formula is C18H24F3N5S. The number of aliphatic imine (C=N–C) groups is 1. The summed E-state index contributed by atoms with van der Waals surface area (Å²) in [6, 6.07) is 6.24. The van der Waals surface area contributed by atoms with Crippen LogP contribution in [0, 0.1) is 6.92 Å². The summed E-state index contributed by atoms with van der Waals surface area (Å²) in [5.74, 6) is 0.596. The molecule has 0 aliphatic rings. The second-order valence-electron chi connectivity index (χ2n) is 6.23. The highest BCUT2D eigenvalue weighted by atomic mass is 32.1. The van der Waals surface area contributed by atoms with Gasteiger partial charge < -0.3 is 15.5 Å². The van der Waals surface area contributed by atoms with Crippen molar-refractivity contribution in [3.05, 3.63) is 45.4 Å². The Morgan fingerprint density at radius 1 is 1.26 bits per heavy atom. The number of rotatable bonds is 6. The summed E-state index contributed by atoms with van der Waals surface area (Å²) in [4.78, 5) is 9.81. The number of nitrogens with zero attached hydrogens (tertiary/aromatic N) is 3.